The summed E-state index contributed by atoms with van der Waals surface area (Å²) in [5, 5.41) is 0. The number of benzene rings is 2. The van der Waals surface area contributed by atoms with Crippen molar-refractivity contribution in [3.8, 4) is 11.5 Å². The van der Waals surface area contributed by atoms with Crippen LogP contribution in [-0.2, 0) is 9.47 Å². The summed E-state index contributed by atoms with van der Waals surface area (Å²) < 4.78 is 21.5. The van der Waals surface area contributed by atoms with Gasteiger partial charge in [-0.2, -0.15) is 0 Å². The summed E-state index contributed by atoms with van der Waals surface area (Å²) in [7, 11) is 0. The first-order valence-electron chi connectivity index (χ1n) is 13.4. The molecular weight excluding hydrogens is 456 g/mol. The molecule has 2 rings (SSSR count). The van der Waals surface area contributed by atoms with Crippen molar-refractivity contribution in [2.24, 2.45) is 0 Å². The second-order valence-electron chi connectivity index (χ2n) is 8.72. The topological polar surface area (TPSA) is 71.1 Å². The van der Waals surface area contributed by atoms with Crippen LogP contribution in [0.3, 0.4) is 0 Å². The Kier molecular flexibility index (Phi) is 14.8. The standard InChI is InChI=1S/C30H42O6/c1-3-33-29(31)25-15-19-27(20-16-25)35-23-13-11-9-7-5-6-8-10-12-14-24-36-28-21-17-26(18-22-28)30(32)34-4-2/h15-22H,3-14,23-24H2,1-2H3. The molecule has 0 aliphatic carbocycles. The van der Waals surface area contributed by atoms with E-state index in [0.29, 0.717) is 37.6 Å². The Bertz CT molecular complexity index is 787. The minimum Gasteiger partial charge on any atom is -0.494 e. The molecular formula is C30H42O6. The van der Waals surface area contributed by atoms with Crippen molar-refractivity contribution in [3.05, 3.63) is 59.7 Å². The highest BCUT2D eigenvalue weighted by Gasteiger charge is 2.07. The van der Waals surface area contributed by atoms with Crippen molar-refractivity contribution in [2.45, 2.75) is 78.1 Å². The molecule has 0 radical (unpaired) electrons. The largest absolute Gasteiger partial charge is 0.494 e. The number of hydrogen-bond donors (Lipinski definition) is 0. The quantitative estimate of drug-likeness (QED) is 0.148. The highest BCUT2D eigenvalue weighted by atomic mass is 16.5. The SMILES string of the molecule is CCOC(=O)c1ccc(OCCCCCCCCCCCCOc2ccc(C(=O)OCC)cc2)cc1. The molecule has 0 saturated heterocycles. The van der Waals surface area contributed by atoms with Gasteiger partial charge in [0.1, 0.15) is 11.5 Å². The van der Waals surface area contributed by atoms with E-state index in [9.17, 15) is 9.59 Å². The third-order valence-electron chi connectivity index (χ3n) is 5.81. The van der Waals surface area contributed by atoms with Crippen LogP contribution in [0.15, 0.2) is 48.5 Å². The van der Waals surface area contributed by atoms with Gasteiger partial charge in [0.25, 0.3) is 0 Å². The lowest BCUT2D eigenvalue weighted by Gasteiger charge is -2.08. The highest BCUT2D eigenvalue weighted by molar-refractivity contribution is 5.89. The Hall–Kier alpha value is -3.02. The molecule has 198 valence electrons. The lowest BCUT2D eigenvalue weighted by atomic mass is 10.1. The van der Waals surface area contributed by atoms with Crippen molar-refractivity contribution in [1.82, 2.24) is 0 Å². The summed E-state index contributed by atoms with van der Waals surface area (Å²) in [6, 6.07) is 14.3. The van der Waals surface area contributed by atoms with E-state index < -0.39 is 0 Å². The Labute approximate surface area is 216 Å². The number of hydrogen-bond acceptors (Lipinski definition) is 6. The third kappa shape index (κ3) is 12.1. The first kappa shape index (κ1) is 29.2. The van der Waals surface area contributed by atoms with Gasteiger partial charge in [0, 0.05) is 0 Å². The zero-order chi connectivity index (χ0) is 25.8. The Balaban J connectivity index is 1.37. The van der Waals surface area contributed by atoms with E-state index in [-0.39, 0.29) is 11.9 Å². The van der Waals surface area contributed by atoms with Crippen LogP contribution < -0.4 is 9.47 Å². The van der Waals surface area contributed by atoms with Crippen molar-refractivity contribution in [2.75, 3.05) is 26.4 Å². The fraction of sp³-hybridized carbons (Fsp3) is 0.533. The zero-order valence-corrected chi connectivity index (χ0v) is 22.0. The number of carbonyl (C=O) groups is 2. The van der Waals surface area contributed by atoms with E-state index in [1.165, 1.54) is 51.4 Å². The molecule has 0 unspecified atom stereocenters. The highest BCUT2D eigenvalue weighted by Crippen LogP contribution is 2.16. The first-order valence-corrected chi connectivity index (χ1v) is 13.4. The molecule has 0 spiro atoms. The number of ether oxygens (including phenoxy) is 4. The normalized spacial score (nSPS) is 10.6. The lowest BCUT2D eigenvalue weighted by Crippen LogP contribution is -2.04. The predicted molar refractivity (Wildman–Crippen MR) is 142 cm³/mol. The number of esters is 2. The Morgan fingerprint density at radius 2 is 0.806 bits per heavy atom. The molecule has 0 aliphatic heterocycles. The van der Waals surface area contributed by atoms with Gasteiger partial charge in [-0.05, 0) is 75.2 Å². The molecule has 0 fully saturated rings. The molecule has 0 atom stereocenters. The van der Waals surface area contributed by atoms with E-state index in [1.807, 2.05) is 24.3 Å². The van der Waals surface area contributed by atoms with Gasteiger partial charge in [-0.15, -0.1) is 0 Å². The minimum atomic E-state index is -0.297. The van der Waals surface area contributed by atoms with E-state index in [1.54, 1.807) is 38.1 Å². The molecule has 2 aromatic carbocycles. The van der Waals surface area contributed by atoms with Crippen LogP contribution in [0.25, 0.3) is 0 Å². The maximum atomic E-state index is 11.7. The first-order chi connectivity index (χ1) is 17.6. The average Bonchev–Trinajstić information content (AvgIpc) is 2.90. The molecule has 0 N–H and O–H groups in total. The minimum absolute atomic E-state index is 0.297. The molecule has 0 aromatic heterocycles. The van der Waals surface area contributed by atoms with E-state index >= 15 is 0 Å². The molecule has 0 bridgehead atoms. The van der Waals surface area contributed by atoms with E-state index in [0.717, 1.165) is 24.3 Å². The van der Waals surface area contributed by atoms with Crippen LogP contribution in [0.1, 0.15) is 98.8 Å². The van der Waals surface area contributed by atoms with Gasteiger partial charge in [0.2, 0.25) is 0 Å². The van der Waals surface area contributed by atoms with Crippen LogP contribution in [0.5, 0.6) is 11.5 Å². The molecule has 0 heterocycles. The van der Waals surface area contributed by atoms with Gasteiger partial charge in [-0.25, -0.2) is 9.59 Å². The molecule has 0 saturated carbocycles. The van der Waals surface area contributed by atoms with Gasteiger partial charge in [-0.3, -0.25) is 0 Å². The zero-order valence-electron chi connectivity index (χ0n) is 22.0. The smallest absolute Gasteiger partial charge is 0.338 e. The van der Waals surface area contributed by atoms with Crippen LogP contribution in [0, 0.1) is 0 Å². The molecule has 2 aromatic rings. The maximum absolute atomic E-state index is 11.7. The van der Waals surface area contributed by atoms with Gasteiger partial charge < -0.3 is 18.9 Å². The molecule has 0 amide bonds. The monoisotopic (exact) mass is 498 g/mol. The predicted octanol–water partition coefficient (Wildman–Crippen LogP) is 7.40. The number of rotatable bonds is 19. The van der Waals surface area contributed by atoms with Crippen molar-refractivity contribution in [3.63, 3.8) is 0 Å². The summed E-state index contributed by atoms with van der Waals surface area (Å²) >= 11 is 0. The molecule has 6 heteroatoms. The lowest BCUT2D eigenvalue weighted by molar-refractivity contribution is 0.0516. The average molecular weight is 499 g/mol. The van der Waals surface area contributed by atoms with Gasteiger partial charge in [-0.1, -0.05) is 51.4 Å². The summed E-state index contributed by atoms with van der Waals surface area (Å²) in [5.74, 6) is 0.990. The van der Waals surface area contributed by atoms with Crippen LogP contribution in [-0.4, -0.2) is 38.4 Å². The fourth-order valence-corrected chi connectivity index (χ4v) is 3.80. The molecule has 0 aliphatic rings. The third-order valence-corrected chi connectivity index (χ3v) is 5.81. The van der Waals surface area contributed by atoms with Crippen molar-refractivity contribution in [1.29, 1.82) is 0 Å². The Morgan fingerprint density at radius 3 is 1.11 bits per heavy atom. The van der Waals surface area contributed by atoms with Crippen LogP contribution in [0.2, 0.25) is 0 Å². The summed E-state index contributed by atoms with van der Waals surface area (Å²) in [6.45, 7) is 5.77. The van der Waals surface area contributed by atoms with Crippen molar-refractivity contribution < 1.29 is 28.5 Å². The Morgan fingerprint density at radius 1 is 0.500 bits per heavy atom. The second kappa shape index (κ2) is 18.3. The second-order valence-corrected chi connectivity index (χ2v) is 8.72. The van der Waals surface area contributed by atoms with Crippen LogP contribution >= 0.6 is 0 Å². The summed E-state index contributed by atoms with van der Waals surface area (Å²) in [4.78, 5) is 23.3. The fourth-order valence-electron chi connectivity index (χ4n) is 3.80. The molecule has 36 heavy (non-hydrogen) atoms. The summed E-state index contributed by atoms with van der Waals surface area (Å²) in [5.41, 5.74) is 1.11. The van der Waals surface area contributed by atoms with Gasteiger partial charge >= 0.3 is 11.9 Å². The number of carbonyl (C=O) groups excluding carboxylic acids is 2. The van der Waals surface area contributed by atoms with Gasteiger partial charge in [0.05, 0.1) is 37.6 Å². The van der Waals surface area contributed by atoms with Crippen LogP contribution in [0.4, 0.5) is 0 Å². The van der Waals surface area contributed by atoms with Crippen molar-refractivity contribution >= 4 is 11.9 Å². The van der Waals surface area contributed by atoms with E-state index in [2.05, 4.69) is 0 Å². The molecule has 6 nitrogen and oxygen atoms in total. The maximum Gasteiger partial charge on any atom is 0.338 e. The summed E-state index contributed by atoms with van der Waals surface area (Å²) in [6.07, 6.45) is 12.1. The van der Waals surface area contributed by atoms with Gasteiger partial charge in [0.15, 0.2) is 0 Å². The number of unbranched alkanes of at least 4 members (excludes halogenated alkanes) is 9. The van der Waals surface area contributed by atoms with E-state index in [4.69, 9.17) is 18.9 Å².